The van der Waals surface area contributed by atoms with E-state index >= 15 is 0 Å². The molecule has 0 saturated carbocycles. The van der Waals surface area contributed by atoms with Crippen LogP contribution in [0.2, 0.25) is 0 Å². The first-order valence-corrected chi connectivity index (χ1v) is 6.88. The molecule has 0 fully saturated rings. The Bertz CT molecular complexity index is 698. The van der Waals surface area contributed by atoms with Crippen molar-refractivity contribution in [3.8, 4) is 0 Å². The first kappa shape index (κ1) is 13.6. The molecule has 1 unspecified atom stereocenters. The summed E-state index contributed by atoms with van der Waals surface area (Å²) in [4.78, 5) is 18.2. The number of nitrogens with one attached hydrogen (secondary N) is 1. The molecule has 2 aromatic rings. The van der Waals surface area contributed by atoms with Gasteiger partial charge in [-0.05, 0) is 31.2 Å². The van der Waals surface area contributed by atoms with Gasteiger partial charge in [-0.1, -0.05) is 12.1 Å². The monoisotopic (exact) mass is 282 g/mol. The summed E-state index contributed by atoms with van der Waals surface area (Å²) >= 11 is 0. The number of amides is 1. The molecule has 0 saturated heterocycles. The number of pyridine rings is 1. The predicted octanol–water partition coefficient (Wildman–Crippen LogP) is 1.98. The minimum absolute atomic E-state index is 0.148. The number of hydrogen-bond acceptors (Lipinski definition) is 4. The Balaban J connectivity index is 1.81. The molecule has 108 valence electrons. The largest absolute Gasteiger partial charge is 0.369 e. The van der Waals surface area contributed by atoms with Gasteiger partial charge in [-0.2, -0.15) is 0 Å². The summed E-state index contributed by atoms with van der Waals surface area (Å²) in [6.07, 6.45) is 0. The van der Waals surface area contributed by atoms with Crippen molar-refractivity contribution in [3.05, 3.63) is 53.3 Å². The number of nitrogens with two attached hydrogens (primary N) is 1. The number of anilines is 2. The molecule has 1 aromatic carbocycles. The van der Waals surface area contributed by atoms with Gasteiger partial charge >= 0.3 is 0 Å². The predicted molar refractivity (Wildman–Crippen MR) is 83.1 cm³/mol. The Kier molecular flexibility index (Phi) is 3.35. The highest BCUT2D eigenvalue weighted by Crippen LogP contribution is 2.32. The molecule has 1 atom stereocenters. The number of fused-ring (bicyclic) bond motifs is 1. The zero-order valence-corrected chi connectivity index (χ0v) is 12.1. The Morgan fingerprint density at radius 1 is 1.33 bits per heavy atom. The van der Waals surface area contributed by atoms with Gasteiger partial charge in [0, 0.05) is 29.7 Å². The van der Waals surface area contributed by atoms with Crippen LogP contribution in [0.4, 0.5) is 11.4 Å². The van der Waals surface area contributed by atoms with E-state index in [0.29, 0.717) is 6.54 Å². The van der Waals surface area contributed by atoms with E-state index in [-0.39, 0.29) is 5.91 Å². The van der Waals surface area contributed by atoms with Gasteiger partial charge in [0.05, 0.1) is 12.2 Å². The lowest BCUT2D eigenvalue weighted by molar-refractivity contribution is -0.116. The second kappa shape index (κ2) is 5.18. The zero-order chi connectivity index (χ0) is 15.0. The van der Waals surface area contributed by atoms with Crippen molar-refractivity contribution in [2.75, 3.05) is 17.3 Å². The Morgan fingerprint density at radius 3 is 2.90 bits per heavy atom. The number of benzene rings is 1. The highest BCUT2D eigenvalue weighted by molar-refractivity contribution is 6.02. The van der Waals surface area contributed by atoms with E-state index in [0.717, 1.165) is 28.3 Å². The normalized spacial score (nSPS) is 16.5. The summed E-state index contributed by atoms with van der Waals surface area (Å²) in [7, 11) is 2.00. The molecule has 21 heavy (non-hydrogen) atoms. The molecule has 3 N–H and O–H groups in total. The maximum Gasteiger partial charge on any atom is 0.245 e. The molecular weight excluding hydrogens is 264 g/mol. The number of aromatic nitrogens is 1. The zero-order valence-electron chi connectivity index (χ0n) is 12.1. The number of nitrogens with zero attached hydrogens (tertiary/aromatic N) is 2. The van der Waals surface area contributed by atoms with E-state index in [4.69, 9.17) is 5.73 Å². The van der Waals surface area contributed by atoms with Crippen molar-refractivity contribution in [1.29, 1.82) is 0 Å². The standard InChI is InChI=1S/C16H18N4O/c1-10-4-3-5-11(18-10)9-20(2)12-6-7-13-14(8-12)19-16(21)15(13)17/h3-8,15H,9,17H2,1-2H3,(H,19,21). The molecule has 0 spiro atoms. The van der Waals surface area contributed by atoms with Crippen molar-refractivity contribution in [2.24, 2.45) is 5.73 Å². The maximum absolute atomic E-state index is 11.6. The molecule has 0 bridgehead atoms. The van der Waals surface area contributed by atoms with Gasteiger partial charge in [0.25, 0.3) is 0 Å². The fourth-order valence-corrected chi connectivity index (χ4v) is 2.53. The highest BCUT2D eigenvalue weighted by atomic mass is 16.2. The fourth-order valence-electron chi connectivity index (χ4n) is 2.53. The lowest BCUT2D eigenvalue weighted by Gasteiger charge is -2.20. The van der Waals surface area contributed by atoms with E-state index in [2.05, 4.69) is 15.2 Å². The molecule has 1 aliphatic rings. The van der Waals surface area contributed by atoms with Crippen LogP contribution in [-0.4, -0.2) is 17.9 Å². The number of rotatable bonds is 3. The van der Waals surface area contributed by atoms with Gasteiger partial charge < -0.3 is 16.0 Å². The van der Waals surface area contributed by atoms with Crippen LogP contribution in [0.3, 0.4) is 0 Å². The molecular formula is C16H18N4O. The van der Waals surface area contributed by atoms with Crippen LogP contribution >= 0.6 is 0 Å². The SMILES string of the molecule is Cc1cccc(CN(C)c2ccc3c(c2)NC(=O)C3N)n1. The summed E-state index contributed by atoms with van der Waals surface area (Å²) in [5.41, 5.74) is 10.5. The van der Waals surface area contributed by atoms with Crippen LogP contribution in [0.1, 0.15) is 23.0 Å². The number of carbonyl (C=O) groups excluding carboxylic acids is 1. The minimum atomic E-state index is -0.558. The fraction of sp³-hybridized carbons (Fsp3) is 0.250. The molecule has 3 rings (SSSR count). The second-order valence-corrected chi connectivity index (χ2v) is 5.36. The quantitative estimate of drug-likeness (QED) is 0.903. The van der Waals surface area contributed by atoms with Crippen LogP contribution in [-0.2, 0) is 11.3 Å². The van der Waals surface area contributed by atoms with E-state index in [9.17, 15) is 4.79 Å². The topological polar surface area (TPSA) is 71.2 Å². The second-order valence-electron chi connectivity index (χ2n) is 5.36. The van der Waals surface area contributed by atoms with Crippen LogP contribution in [0.25, 0.3) is 0 Å². The Hall–Kier alpha value is -2.40. The average molecular weight is 282 g/mol. The Labute approximate surface area is 123 Å². The minimum Gasteiger partial charge on any atom is -0.369 e. The van der Waals surface area contributed by atoms with Crippen molar-refractivity contribution in [2.45, 2.75) is 19.5 Å². The molecule has 1 aromatic heterocycles. The lowest BCUT2D eigenvalue weighted by Crippen LogP contribution is -2.19. The summed E-state index contributed by atoms with van der Waals surface area (Å²) in [6.45, 7) is 2.69. The van der Waals surface area contributed by atoms with Crippen molar-refractivity contribution < 1.29 is 4.79 Å². The van der Waals surface area contributed by atoms with Gasteiger partial charge in [-0.3, -0.25) is 9.78 Å². The highest BCUT2D eigenvalue weighted by Gasteiger charge is 2.27. The van der Waals surface area contributed by atoms with Gasteiger partial charge in [0.1, 0.15) is 6.04 Å². The number of carbonyl (C=O) groups is 1. The summed E-state index contributed by atoms with van der Waals surface area (Å²) in [6, 6.07) is 11.3. The summed E-state index contributed by atoms with van der Waals surface area (Å²) in [5.74, 6) is -0.148. The molecule has 1 amide bonds. The van der Waals surface area contributed by atoms with Crippen molar-refractivity contribution in [1.82, 2.24) is 4.98 Å². The molecule has 5 nitrogen and oxygen atoms in total. The molecule has 0 aliphatic carbocycles. The first-order chi connectivity index (χ1) is 10.0. The number of aryl methyl sites for hydroxylation is 1. The van der Waals surface area contributed by atoms with E-state index < -0.39 is 6.04 Å². The maximum atomic E-state index is 11.6. The smallest absolute Gasteiger partial charge is 0.245 e. The third-order valence-electron chi connectivity index (χ3n) is 3.70. The third kappa shape index (κ3) is 2.60. The molecule has 0 radical (unpaired) electrons. The van der Waals surface area contributed by atoms with E-state index in [1.54, 1.807) is 0 Å². The van der Waals surface area contributed by atoms with E-state index in [1.807, 2.05) is 50.4 Å². The lowest BCUT2D eigenvalue weighted by atomic mass is 10.1. The third-order valence-corrected chi connectivity index (χ3v) is 3.70. The molecule has 2 heterocycles. The van der Waals surface area contributed by atoms with Crippen LogP contribution in [0, 0.1) is 6.92 Å². The van der Waals surface area contributed by atoms with Gasteiger partial charge in [-0.25, -0.2) is 0 Å². The van der Waals surface area contributed by atoms with Crippen LogP contribution in [0.15, 0.2) is 36.4 Å². The Morgan fingerprint density at radius 2 is 2.14 bits per heavy atom. The van der Waals surface area contributed by atoms with Gasteiger partial charge in [0.2, 0.25) is 5.91 Å². The number of hydrogen-bond donors (Lipinski definition) is 2. The first-order valence-electron chi connectivity index (χ1n) is 6.88. The molecule has 5 heteroatoms. The van der Waals surface area contributed by atoms with Gasteiger partial charge in [0.15, 0.2) is 0 Å². The van der Waals surface area contributed by atoms with Gasteiger partial charge in [-0.15, -0.1) is 0 Å². The summed E-state index contributed by atoms with van der Waals surface area (Å²) in [5, 5.41) is 2.81. The summed E-state index contributed by atoms with van der Waals surface area (Å²) < 4.78 is 0. The van der Waals surface area contributed by atoms with Crippen molar-refractivity contribution >= 4 is 17.3 Å². The molecule has 1 aliphatic heterocycles. The van der Waals surface area contributed by atoms with E-state index in [1.165, 1.54) is 0 Å². The average Bonchev–Trinajstić information content (AvgIpc) is 2.73. The van der Waals surface area contributed by atoms with Crippen LogP contribution in [0.5, 0.6) is 0 Å². The van der Waals surface area contributed by atoms with Crippen LogP contribution < -0.4 is 16.0 Å². The van der Waals surface area contributed by atoms with Crippen molar-refractivity contribution in [3.63, 3.8) is 0 Å².